The van der Waals surface area contributed by atoms with Gasteiger partial charge in [-0.1, -0.05) is 24.3 Å². The fraction of sp³-hybridized carbons (Fsp3) is 0.300. The molecule has 142 valence electrons. The highest BCUT2D eigenvalue weighted by atomic mass is 19.4. The van der Waals surface area contributed by atoms with Gasteiger partial charge in [-0.05, 0) is 40.8 Å². The zero-order valence-corrected chi connectivity index (χ0v) is 14.6. The quantitative estimate of drug-likeness (QED) is 0.723. The Hall–Kier alpha value is -2.51. The van der Waals surface area contributed by atoms with Gasteiger partial charge in [-0.3, -0.25) is 4.90 Å². The van der Waals surface area contributed by atoms with E-state index < -0.39 is 6.36 Å². The van der Waals surface area contributed by atoms with Gasteiger partial charge >= 0.3 is 6.36 Å². The monoisotopic (exact) mass is 375 g/mol. The number of aromatic amines is 1. The van der Waals surface area contributed by atoms with Crippen LogP contribution in [0.15, 0.2) is 54.7 Å². The van der Waals surface area contributed by atoms with Gasteiger partial charge in [0.1, 0.15) is 5.75 Å². The van der Waals surface area contributed by atoms with Crippen molar-refractivity contribution in [2.75, 3.05) is 26.2 Å². The van der Waals surface area contributed by atoms with Gasteiger partial charge in [0.05, 0.1) is 6.04 Å². The molecule has 0 aliphatic carbocycles. The van der Waals surface area contributed by atoms with Crippen LogP contribution in [0.4, 0.5) is 13.2 Å². The lowest BCUT2D eigenvalue weighted by atomic mass is 9.95. The van der Waals surface area contributed by atoms with E-state index in [4.69, 9.17) is 0 Å². The minimum atomic E-state index is -4.68. The van der Waals surface area contributed by atoms with Crippen LogP contribution in [0.5, 0.6) is 5.75 Å². The second-order valence-electron chi connectivity index (χ2n) is 6.63. The molecular weight excluding hydrogens is 355 g/mol. The number of fused-ring (bicyclic) bond motifs is 1. The molecule has 27 heavy (non-hydrogen) atoms. The number of rotatable bonds is 4. The molecule has 4 nitrogen and oxygen atoms in total. The molecule has 1 aliphatic rings. The normalized spacial score (nSPS) is 17.1. The Morgan fingerprint density at radius 3 is 2.33 bits per heavy atom. The maximum absolute atomic E-state index is 12.4. The minimum Gasteiger partial charge on any atom is -0.406 e. The van der Waals surface area contributed by atoms with Gasteiger partial charge in [0, 0.05) is 37.9 Å². The molecule has 1 fully saturated rings. The number of piperazine rings is 1. The molecule has 0 unspecified atom stereocenters. The van der Waals surface area contributed by atoms with Crippen LogP contribution in [0.3, 0.4) is 0 Å². The Bertz CT molecular complexity index is 899. The van der Waals surface area contributed by atoms with E-state index in [1.54, 1.807) is 12.1 Å². The van der Waals surface area contributed by atoms with Crippen molar-refractivity contribution in [3.63, 3.8) is 0 Å². The molecule has 1 aromatic heterocycles. The van der Waals surface area contributed by atoms with Gasteiger partial charge in [-0.15, -0.1) is 13.2 Å². The Labute approximate surface area is 154 Å². The molecule has 2 aromatic carbocycles. The van der Waals surface area contributed by atoms with Crippen molar-refractivity contribution in [1.82, 2.24) is 15.2 Å². The topological polar surface area (TPSA) is 40.3 Å². The summed E-state index contributed by atoms with van der Waals surface area (Å²) in [7, 11) is 0. The summed E-state index contributed by atoms with van der Waals surface area (Å²) in [5, 5.41) is 4.47. The lowest BCUT2D eigenvalue weighted by Gasteiger charge is -2.35. The molecule has 2 N–H and O–H groups in total. The van der Waals surface area contributed by atoms with Crippen molar-refractivity contribution in [3.05, 3.63) is 65.9 Å². The van der Waals surface area contributed by atoms with Gasteiger partial charge in [-0.2, -0.15) is 0 Å². The van der Waals surface area contributed by atoms with Crippen LogP contribution in [0.1, 0.15) is 17.2 Å². The van der Waals surface area contributed by atoms with Gasteiger partial charge < -0.3 is 15.0 Å². The predicted molar refractivity (Wildman–Crippen MR) is 97.7 cm³/mol. The van der Waals surface area contributed by atoms with Crippen LogP contribution in [-0.4, -0.2) is 42.4 Å². The molecule has 1 aliphatic heterocycles. The Morgan fingerprint density at radius 2 is 1.63 bits per heavy atom. The summed E-state index contributed by atoms with van der Waals surface area (Å²) in [6.45, 7) is 3.51. The lowest BCUT2D eigenvalue weighted by molar-refractivity contribution is -0.274. The zero-order valence-electron chi connectivity index (χ0n) is 14.6. The summed E-state index contributed by atoms with van der Waals surface area (Å²) in [4.78, 5) is 5.58. The van der Waals surface area contributed by atoms with Crippen LogP contribution >= 0.6 is 0 Å². The number of halogens is 3. The van der Waals surface area contributed by atoms with E-state index in [1.807, 2.05) is 12.3 Å². The van der Waals surface area contributed by atoms with Crippen LogP contribution < -0.4 is 10.1 Å². The summed E-state index contributed by atoms with van der Waals surface area (Å²) in [5.74, 6) is -0.204. The second kappa shape index (κ2) is 7.25. The number of aromatic nitrogens is 1. The molecule has 1 atom stereocenters. The van der Waals surface area contributed by atoms with Gasteiger partial charge in [0.25, 0.3) is 0 Å². The molecule has 1 saturated heterocycles. The maximum atomic E-state index is 12.4. The molecule has 0 amide bonds. The molecule has 4 rings (SSSR count). The first-order valence-electron chi connectivity index (χ1n) is 8.87. The Balaban J connectivity index is 1.69. The second-order valence-corrected chi connectivity index (χ2v) is 6.63. The average molecular weight is 375 g/mol. The van der Waals surface area contributed by atoms with Crippen molar-refractivity contribution >= 4 is 10.9 Å². The first-order valence-corrected chi connectivity index (χ1v) is 8.87. The molecule has 0 bridgehead atoms. The van der Waals surface area contributed by atoms with Crippen LogP contribution in [-0.2, 0) is 0 Å². The smallest absolute Gasteiger partial charge is 0.406 e. The first kappa shape index (κ1) is 17.9. The summed E-state index contributed by atoms with van der Waals surface area (Å²) >= 11 is 0. The molecular formula is C20H20F3N3O. The van der Waals surface area contributed by atoms with Crippen molar-refractivity contribution in [2.45, 2.75) is 12.4 Å². The standard InChI is InChI=1S/C20H20F3N3O/c21-20(22,23)27-17-5-3-15(4-6-17)19(26-11-9-24-10-12-26)16-2-1-14-7-8-25-18(14)13-16/h1-8,13,19,24-25H,9-12H2/t19-/m0/s1. The first-order chi connectivity index (χ1) is 13.0. The fourth-order valence-electron chi connectivity index (χ4n) is 3.64. The van der Waals surface area contributed by atoms with Crippen LogP contribution in [0.2, 0.25) is 0 Å². The summed E-state index contributed by atoms with van der Waals surface area (Å²) in [6.07, 6.45) is -2.78. The summed E-state index contributed by atoms with van der Waals surface area (Å²) in [5.41, 5.74) is 3.10. The average Bonchev–Trinajstić information content (AvgIpc) is 3.11. The number of H-pyrrole nitrogens is 1. The van der Waals surface area contributed by atoms with E-state index >= 15 is 0 Å². The van der Waals surface area contributed by atoms with Gasteiger partial charge in [-0.25, -0.2) is 0 Å². The highest BCUT2D eigenvalue weighted by Crippen LogP contribution is 2.32. The number of hydrogen-bond acceptors (Lipinski definition) is 3. The number of alkyl halides is 3. The largest absolute Gasteiger partial charge is 0.573 e. The van der Waals surface area contributed by atoms with Crippen molar-refractivity contribution in [3.8, 4) is 5.75 Å². The molecule has 7 heteroatoms. The lowest BCUT2D eigenvalue weighted by Crippen LogP contribution is -2.45. The molecule has 0 spiro atoms. The van der Waals surface area contributed by atoms with Crippen LogP contribution in [0.25, 0.3) is 10.9 Å². The third-order valence-corrected chi connectivity index (χ3v) is 4.84. The summed E-state index contributed by atoms with van der Waals surface area (Å²) < 4.78 is 41.3. The molecule has 0 saturated carbocycles. The Morgan fingerprint density at radius 1 is 0.926 bits per heavy atom. The van der Waals surface area contributed by atoms with E-state index in [2.05, 4.69) is 38.1 Å². The molecule has 2 heterocycles. The summed E-state index contributed by atoms with van der Waals surface area (Å²) in [6, 6.07) is 14.4. The maximum Gasteiger partial charge on any atom is 0.573 e. The molecule has 0 radical (unpaired) electrons. The minimum absolute atomic E-state index is 0.0280. The number of ether oxygens (including phenoxy) is 1. The zero-order chi connectivity index (χ0) is 18.9. The third-order valence-electron chi connectivity index (χ3n) is 4.84. The number of benzene rings is 2. The molecule has 3 aromatic rings. The number of nitrogens with zero attached hydrogens (tertiary/aromatic N) is 1. The van der Waals surface area contributed by atoms with E-state index in [-0.39, 0.29) is 11.8 Å². The van der Waals surface area contributed by atoms with Crippen molar-refractivity contribution in [1.29, 1.82) is 0 Å². The SMILES string of the molecule is FC(F)(F)Oc1ccc([C@@H](c2ccc3cc[nH]c3c2)N2CCNCC2)cc1. The van der Waals surface area contributed by atoms with Gasteiger partial charge in [0.15, 0.2) is 0 Å². The van der Waals surface area contributed by atoms with Crippen molar-refractivity contribution < 1.29 is 17.9 Å². The van der Waals surface area contributed by atoms with E-state index in [9.17, 15) is 13.2 Å². The van der Waals surface area contributed by atoms with E-state index in [0.29, 0.717) is 0 Å². The third kappa shape index (κ3) is 4.09. The highest BCUT2D eigenvalue weighted by molar-refractivity contribution is 5.80. The van der Waals surface area contributed by atoms with Crippen LogP contribution in [0, 0.1) is 0 Å². The fourth-order valence-corrected chi connectivity index (χ4v) is 3.64. The Kier molecular flexibility index (Phi) is 4.80. The van der Waals surface area contributed by atoms with E-state index in [1.165, 1.54) is 12.1 Å². The van der Waals surface area contributed by atoms with E-state index in [0.717, 1.165) is 48.2 Å². The highest BCUT2D eigenvalue weighted by Gasteiger charge is 2.31. The number of hydrogen-bond donors (Lipinski definition) is 2. The number of nitrogens with one attached hydrogen (secondary N) is 2. The van der Waals surface area contributed by atoms with Gasteiger partial charge in [0.2, 0.25) is 0 Å². The van der Waals surface area contributed by atoms with Crippen molar-refractivity contribution in [2.24, 2.45) is 0 Å². The predicted octanol–water partition coefficient (Wildman–Crippen LogP) is 4.06.